The first-order chi connectivity index (χ1) is 10.4. The third kappa shape index (κ3) is 3.12. The van der Waals surface area contributed by atoms with Gasteiger partial charge in [0.25, 0.3) is 0 Å². The monoisotopic (exact) mass is 300 g/mol. The van der Waals surface area contributed by atoms with Crippen molar-refractivity contribution in [2.24, 2.45) is 7.05 Å². The van der Waals surface area contributed by atoms with Crippen LogP contribution in [0.2, 0.25) is 0 Å². The van der Waals surface area contributed by atoms with Crippen LogP contribution in [0, 0.1) is 0 Å². The Morgan fingerprint density at radius 2 is 2.18 bits per heavy atom. The van der Waals surface area contributed by atoms with E-state index in [9.17, 15) is 0 Å². The molecule has 22 heavy (non-hydrogen) atoms. The Kier molecular flexibility index (Phi) is 4.13. The molecule has 0 unspecified atom stereocenters. The molecule has 120 valence electrons. The second kappa shape index (κ2) is 5.92. The Hall–Kier alpha value is -1.55. The van der Waals surface area contributed by atoms with E-state index >= 15 is 0 Å². The molecular formula is C18H28N4. The van der Waals surface area contributed by atoms with Crippen molar-refractivity contribution < 1.29 is 0 Å². The number of hydrogen-bond acceptors (Lipinski definition) is 2. The fourth-order valence-corrected chi connectivity index (χ4v) is 3.18. The molecule has 1 aliphatic heterocycles. The van der Waals surface area contributed by atoms with Crippen LogP contribution in [-0.4, -0.2) is 20.7 Å². The summed E-state index contributed by atoms with van der Waals surface area (Å²) in [4.78, 5) is 4.95. The van der Waals surface area contributed by atoms with E-state index in [2.05, 4.69) is 66.8 Å². The Morgan fingerprint density at radius 3 is 2.86 bits per heavy atom. The molecule has 4 heteroatoms. The van der Waals surface area contributed by atoms with Crippen molar-refractivity contribution in [2.75, 3.05) is 6.54 Å². The molecule has 0 saturated heterocycles. The molecule has 0 amide bonds. The average molecular weight is 300 g/mol. The van der Waals surface area contributed by atoms with Gasteiger partial charge in [-0.25, -0.2) is 4.98 Å². The molecule has 0 radical (unpaired) electrons. The Labute approximate surface area is 133 Å². The first kappa shape index (κ1) is 15.3. The minimum absolute atomic E-state index is 0.130. The van der Waals surface area contributed by atoms with Crippen LogP contribution in [0.15, 0.2) is 24.5 Å². The number of aromatic nitrogens is 3. The van der Waals surface area contributed by atoms with Gasteiger partial charge in [0.05, 0.1) is 5.69 Å². The van der Waals surface area contributed by atoms with Crippen LogP contribution in [-0.2, 0) is 25.6 Å². The lowest BCUT2D eigenvalue weighted by Gasteiger charge is -2.23. The number of nitrogens with one attached hydrogen (secondary N) is 1. The molecule has 1 aliphatic rings. The largest absolute Gasteiger partial charge is 0.353 e. The normalized spacial score (nSPS) is 18.5. The maximum absolute atomic E-state index is 4.95. The van der Waals surface area contributed by atoms with Crippen molar-refractivity contribution in [1.82, 2.24) is 19.4 Å². The van der Waals surface area contributed by atoms with Crippen molar-refractivity contribution in [2.45, 2.75) is 58.0 Å². The van der Waals surface area contributed by atoms with Crippen LogP contribution in [0.4, 0.5) is 0 Å². The molecule has 0 spiro atoms. The van der Waals surface area contributed by atoms with E-state index in [1.54, 1.807) is 0 Å². The third-order valence-electron chi connectivity index (χ3n) is 4.64. The maximum Gasteiger partial charge on any atom is 0.113 e. The van der Waals surface area contributed by atoms with E-state index in [1.165, 1.54) is 30.1 Å². The molecular weight excluding hydrogens is 272 g/mol. The highest BCUT2D eigenvalue weighted by Gasteiger charge is 2.26. The molecule has 3 rings (SSSR count). The lowest BCUT2D eigenvalue weighted by molar-refractivity contribution is 0.421. The van der Waals surface area contributed by atoms with Crippen molar-refractivity contribution in [3.63, 3.8) is 0 Å². The SMILES string of the molecule is Cn1cccc1CNC[C@@H]1CCCn2cc(C(C)(C)C)nc21. The smallest absolute Gasteiger partial charge is 0.113 e. The van der Waals surface area contributed by atoms with Crippen LogP contribution in [0.1, 0.15) is 56.7 Å². The molecule has 0 fully saturated rings. The van der Waals surface area contributed by atoms with Crippen LogP contribution < -0.4 is 5.32 Å². The minimum Gasteiger partial charge on any atom is -0.353 e. The lowest BCUT2D eigenvalue weighted by atomic mass is 9.93. The molecule has 4 nitrogen and oxygen atoms in total. The number of fused-ring (bicyclic) bond motifs is 1. The molecule has 1 atom stereocenters. The summed E-state index contributed by atoms with van der Waals surface area (Å²) < 4.78 is 4.55. The zero-order valence-electron chi connectivity index (χ0n) is 14.3. The molecule has 0 saturated carbocycles. The second-order valence-electron chi connectivity index (χ2n) is 7.51. The Bertz CT molecular complexity index is 630. The van der Waals surface area contributed by atoms with Crippen LogP contribution in [0.3, 0.4) is 0 Å². The zero-order valence-corrected chi connectivity index (χ0v) is 14.3. The van der Waals surface area contributed by atoms with Crippen LogP contribution in [0.25, 0.3) is 0 Å². The molecule has 1 N–H and O–H groups in total. The Balaban J connectivity index is 1.67. The van der Waals surface area contributed by atoms with E-state index in [0.29, 0.717) is 5.92 Å². The van der Waals surface area contributed by atoms with E-state index in [4.69, 9.17) is 4.98 Å². The predicted molar refractivity (Wildman–Crippen MR) is 90.0 cm³/mol. The summed E-state index contributed by atoms with van der Waals surface area (Å²) in [5.74, 6) is 1.81. The van der Waals surface area contributed by atoms with Gasteiger partial charge in [0.15, 0.2) is 0 Å². The van der Waals surface area contributed by atoms with Crippen LogP contribution >= 0.6 is 0 Å². The fraction of sp³-hybridized carbons (Fsp3) is 0.611. The summed E-state index contributed by atoms with van der Waals surface area (Å²) in [5, 5.41) is 3.61. The van der Waals surface area contributed by atoms with Crippen molar-refractivity contribution in [1.29, 1.82) is 0 Å². The van der Waals surface area contributed by atoms with Gasteiger partial charge in [-0.05, 0) is 25.0 Å². The number of imidazole rings is 1. The quantitative estimate of drug-likeness (QED) is 0.941. The average Bonchev–Trinajstić information content (AvgIpc) is 3.05. The summed E-state index contributed by atoms with van der Waals surface area (Å²) in [6.07, 6.45) is 6.85. The van der Waals surface area contributed by atoms with Gasteiger partial charge >= 0.3 is 0 Å². The summed E-state index contributed by atoms with van der Waals surface area (Å²) in [5.41, 5.74) is 2.68. The van der Waals surface area contributed by atoms with Crippen LogP contribution in [0.5, 0.6) is 0 Å². The summed E-state index contributed by atoms with van der Waals surface area (Å²) >= 11 is 0. The van der Waals surface area contributed by atoms with Crippen molar-refractivity contribution in [3.05, 3.63) is 41.7 Å². The summed E-state index contributed by atoms with van der Waals surface area (Å²) in [6.45, 7) is 9.77. The number of rotatable bonds is 4. The first-order valence-corrected chi connectivity index (χ1v) is 8.33. The highest BCUT2D eigenvalue weighted by Crippen LogP contribution is 2.30. The highest BCUT2D eigenvalue weighted by atomic mass is 15.1. The number of nitrogens with zero attached hydrogens (tertiary/aromatic N) is 3. The second-order valence-corrected chi connectivity index (χ2v) is 7.51. The van der Waals surface area contributed by atoms with Gasteiger partial charge in [-0.15, -0.1) is 0 Å². The molecule has 2 aromatic heterocycles. The van der Waals surface area contributed by atoms with Crippen molar-refractivity contribution in [3.8, 4) is 0 Å². The predicted octanol–water partition coefficient (Wildman–Crippen LogP) is 3.19. The summed E-state index contributed by atoms with van der Waals surface area (Å²) in [7, 11) is 2.10. The van der Waals surface area contributed by atoms with Gasteiger partial charge in [-0.1, -0.05) is 20.8 Å². The topological polar surface area (TPSA) is 34.8 Å². The molecule has 0 bridgehead atoms. The van der Waals surface area contributed by atoms with Crippen molar-refractivity contribution >= 4 is 0 Å². The maximum atomic E-state index is 4.95. The van der Waals surface area contributed by atoms with E-state index in [0.717, 1.165) is 19.6 Å². The number of aryl methyl sites for hydroxylation is 2. The van der Waals surface area contributed by atoms with Gasteiger partial charge in [0, 0.05) is 56.1 Å². The standard InChI is InChI=1S/C18H28N4/c1-18(2,3)16-13-22-10-5-7-14(17(22)20-16)11-19-12-15-8-6-9-21(15)4/h6,8-9,13-14,19H,5,7,10-12H2,1-4H3/t14-/m0/s1. The molecule has 0 aromatic carbocycles. The van der Waals surface area contributed by atoms with E-state index < -0.39 is 0 Å². The van der Waals surface area contributed by atoms with E-state index in [1.807, 2.05) is 0 Å². The highest BCUT2D eigenvalue weighted by molar-refractivity contribution is 5.17. The van der Waals surface area contributed by atoms with Gasteiger partial charge in [0.2, 0.25) is 0 Å². The molecule has 0 aliphatic carbocycles. The number of hydrogen-bond donors (Lipinski definition) is 1. The third-order valence-corrected chi connectivity index (χ3v) is 4.64. The minimum atomic E-state index is 0.130. The molecule has 3 heterocycles. The Morgan fingerprint density at radius 1 is 1.36 bits per heavy atom. The van der Waals surface area contributed by atoms with Gasteiger partial charge in [-0.2, -0.15) is 0 Å². The zero-order chi connectivity index (χ0) is 15.7. The van der Waals surface area contributed by atoms with Gasteiger partial charge < -0.3 is 14.5 Å². The van der Waals surface area contributed by atoms with E-state index in [-0.39, 0.29) is 5.41 Å². The van der Waals surface area contributed by atoms with Gasteiger partial charge in [0.1, 0.15) is 5.82 Å². The molecule has 2 aromatic rings. The van der Waals surface area contributed by atoms with Gasteiger partial charge in [-0.3, -0.25) is 0 Å². The summed E-state index contributed by atoms with van der Waals surface area (Å²) in [6, 6.07) is 4.27. The lowest BCUT2D eigenvalue weighted by Crippen LogP contribution is -2.27. The first-order valence-electron chi connectivity index (χ1n) is 8.33. The fourth-order valence-electron chi connectivity index (χ4n) is 3.18.